The number of anilines is 1. The zero-order chi connectivity index (χ0) is 20.9. The molecule has 0 fully saturated rings. The highest BCUT2D eigenvalue weighted by atomic mass is 32.1. The molecule has 0 bridgehead atoms. The molecule has 1 amide bonds. The average Bonchev–Trinajstić information content (AvgIpc) is 3.37. The van der Waals surface area contributed by atoms with Gasteiger partial charge in [-0.1, -0.05) is 35.6 Å². The first-order chi connectivity index (χ1) is 14.7. The number of benzene rings is 2. The molecule has 154 valence electrons. The monoisotopic (exact) mass is 423 g/mol. The van der Waals surface area contributed by atoms with Gasteiger partial charge in [0.2, 0.25) is 10.1 Å². The van der Waals surface area contributed by atoms with Crippen LogP contribution in [0.15, 0.2) is 54.7 Å². The Labute approximate surface area is 177 Å². The van der Waals surface area contributed by atoms with Crippen molar-refractivity contribution in [3.63, 3.8) is 0 Å². The number of hydrogen-bond donors (Lipinski definition) is 3. The van der Waals surface area contributed by atoms with Gasteiger partial charge >= 0.3 is 0 Å². The number of amides is 1. The molecule has 30 heavy (non-hydrogen) atoms. The predicted molar refractivity (Wildman–Crippen MR) is 116 cm³/mol. The van der Waals surface area contributed by atoms with Crippen molar-refractivity contribution in [2.45, 2.75) is 6.54 Å². The summed E-state index contributed by atoms with van der Waals surface area (Å²) in [5, 5.41) is 20.2. The third-order valence-corrected chi connectivity index (χ3v) is 5.41. The van der Waals surface area contributed by atoms with Crippen molar-refractivity contribution in [1.29, 1.82) is 0 Å². The first-order valence-electron chi connectivity index (χ1n) is 9.39. The minimum absolute atomic E-state index is 0.0870. The highest BCUT2D eigenvalue weighted by Gasteiger charge is 2.12. The van der Waals surface area contributed by atoms with E-state index in [2.05, 4.69) is 20.7 Å². The standard InChI is InChI=1S/C21H21N5O3S/c1-29-17-8-2-14(3-9-17)12-23-20-25-26-18(13-24-21(26)30-20)15-4-6-16(7-5-15)19(28)22-10-11-27/h2-9,13,27H,10-12H2,1H3,(H,22,28)(H,23,25). The van der Waals surface area contributed by atoms with E-state index in [1.165, 1.54) is 11.3 Å². The third-order valence-electron chi connectivity index (χ3n) is 4.53. The number of aliphatic hydroxyl groups is 1. The molecule has 0 aliphatic rings. The summed E-state index contributed by atoms with van der Waals surface area (Å²) in [5.74, 6) is 0.612. The van der Waals surface area contributed by atoms with E-state index in [4.69, 9.17) is 9.84 Å². The van der Waals surface area contributed by atoms with E-state index in [0.29, 0.717) is 12.1 Å². The summed E-state index contributed by atoms with van der Waals surface area (Å²) in [4.78, 5) is 17.2. The minimum Gasteiger partial charge on any atom is -0.497 e. The van der Waals surface area contributed by atoms with Crippen LogP contribution in [0.25, 0.3) is 16.2 Å². The topological polar surface area (TPSA) is 101 Å². The molecule has 8 nitrogen and oxygen atoms in total. The van der Waals surface area contributed by atoms with Gasteiger partial charge in [-0.05, 0) is 29.8 Å². The number of rotatable bonds is 8. The van der Waals surface area contributed by atoms with Gasteiger partial charge in [0.15, 0.2) is 0 Å². The largest absolute Gasteiger partial charge is 0.497 e. The number of nitrogens with one attached hydrogen (secondary N) is 2. The molecule has 2 aromatic carbocycles. The number of fused-ring (bicyclic) bond motifs is 1. The summed E-state index contributed by atoms with van der Waals surface area (Å²) < 4.78 is 6.97. The fourth-order valence-electron chi connectivity index (χ4n) is 2.95. The molecule has 4 aromatic rings. The minimum atomic E-state index is -0.215. The number of aromatic nitrogens is 3. The first-order valence-corrected chi connectivity index (χ1v) is 10.2. The second-order valence-electron chi connectivity index (χ2n) is 6.50. The highest BCUT2D eigenvalue weighted by Crippen LogP contribution is 2.26. The second kappa shape index (κ2) is 8.93. The summed E-state index contributed by atoms with van der Waals surface area (Å²) >= 11 is 1.47. The Hall–Kier alpha value is -3.43. The highest BCUT2D eigenvalue weighted by molar-refractivity contribution is 7.20. The van der Waals surface area contributed by atoms with E-state index in [1.54, 1.807) is 30.0 Å². The Bertz CT molecular complexity index is 1140. The SMILES string of the molecule is COc1ccc(CNc2nn3c(-c4ccc(C(=O)NCCO)cc4)cnc3s2)cc1. The van der Waals surface area contributed by atoms with Crippen LogP contribution in [0.3, 0.4) is 0 Å². The van der Waals surface area contributed by atoms with E-state index in [0.717, 1.165) is 32.7 Å². The quantitative estimate of drug-likeness (QED) is 0.403. The zero-order valence-corrected chi connectivity index (χ0v) is 17.1. The van der Waals surface area contributed by atoms with Gasteiger partial charge < -0.3 is 20.5 Å². The summed E-state index contributed by atoms with van der Waals surface area (Å²) in [6.45, 7) is 0.791. The van der Waals surface area contributed by atoms with Crippen LogP contribution in [0.4, 0.5) is 5.13 Å². The molecule has 0 spiro atoms. The Morgan fingerprint density at radius 2 is 1.93 bits per heavy atom. The molecule has 0 radical (unpaired) electrons. The smallest absolute Gasteiger partial charge is 0.251 e. The van der Waals surface area contributed by atoms with Gasteiger partial charge in [-0.2, -0.15) is 0 Å². The molecule has 0 saturated heterocycles. The lowest BCUT2D eigenvalue weighted by Gasteiger charge is -2.05. The number of carbonyl (C=O) groups is 1. The number of ether oxygens (including phenoxy) is 1. The maximum absolute atomic E-state index is 12.0. The van der Waals surface area contributed by atoms with Crippen molar-refractivity contribution in [3.05, 3.63) is 65.9 Å². The van der Waals surface area contributed by atoms with Crippen LogP contribution in [-0.4, -0.2) is 45.9 Å². The molecule has 0 aliphatic heterocycles. The van der Waals surface area contributed by atoms with Gasteiger partial charge in [-0.25, -0.2) is 9.50 Å². The molecule has 0 aliphatic carbocycles. The lowest BCUT2D eigenvalue weighted by atomic mass is 10.1. The number of carbonyl (C=O) groups excluding carboxylic acids is 1. The average molecular weight is 423 g/mol. The normalized spacial score (nSPS) is 10.9. The maximum atomic E-state index is 12.0. The fraction of sp³-hybridized carbons (Fsp3) is 0.190. The van der Waals surface area contributed by atoms with Crippen LogP contribution in [0, 0.1) is 0 Å². The molecule has 0 atom stereocenters. The summed E-state index contributed by atoms with van der Waals surface area (Å²) in [5.41, 5.74) is 3.42. The van der Waals surface area contributed by atoms with Crippen LogP contribution in [0.1, 0.15) is 15.9 Å². The van der Waals surface area contributed by atoms with E-state index in [9.17, 15) is 4.79 Å². The number of nitrogens with zero attached hydrogens (tertiary/aromatic N) is 3. The van der Waals surface area contributed by atoms with Crippen LogP contribution < -0.4 is 15.4 Å². The van der Waals surface area contributed by atoms with Crippen molar-refractivity contribution in [1.82, 2.24) is 19.9 Å². The maximum Gasteiger partial charge on any atom is 0.251 e. The summed E-state index contributed by atoms with van der Waals surface area (Å²) in [6, 6.07) is 15.1. The van der Waals surface area contributed by atoms with Crippen molar-refractivity contribution in [2.24, 2.45) is 0 Å². The second-order valence-corrected chi connectivity index (χ2v) is 7.46. The van der Waals surface area contributed by atoms with Gasteiger partial charge in [0.25, 0.3) is 5.91 Å². The molecule has 0 saturated carbocycles. The van der Waals surface area contributed by atoms with E-state index < -0.39 is 0 Å². The lowest BCUT2D eigenvalue weighted by Crippen LogP contribution is -2.26. The predicted octanol–water partition coefficient (Wildman–Crippen LogP) is 2.80. The molecule has 9 heteroatoms. The first kappa shape index (κ1) is 19.9. The summed E-state index contributed by atoms with van der Waals surface area (Å²) in [6.07, 6.45) is 1.77. The van der Waals surface area contributed by atoms with Gasteiger partial charge in [0.05, 0.1) is 25.6 Å². The number of imidazole rings is 1. The molecular formula is C21H21N5O3S. The van der Waals surface area contributed by atoms with Crippen LogP contribution in [0.2, 0.25) is 0 Å². The lowest BCUT2D eigenvalue weighted by molar-refractivity contribution is 0.0945. The number of methoxy groups -OCH3 is 1. The van der Waals surface area contributed by atoms with Gasteiger partial charge in [-0.3, -0.25) is 4.79 Å². The Kier molecular flexibility index (Phi) is 5.92. The Balaban J connectivity index is 1.48. The van der Waals surface area contributed by atoms with Crippen molar-refractivity contribution in [3.8, 4) is 17.0 Å². The fourth-order valence-corrected chi connectivity index (χ4v) is 3.72. The Morgan fingerprint density at radius 3 is 2.63 bits per heavy atom. The van der Waals surface area contributed by atoms with Crippen LogP contribution >= 0.6 is 11.3 Å². The molecular weight excluding hydrogens is 402 g/mol. The van der Waals surface area contributed by atoms with Gasteiger partial charge in [-0.15, -0.1) is 5.10 Å². The van der Waals surface area contributed by atoms with Gasteiger partial charge in [0, 0.05) is 24.2 Å². The molecule has 0 unspecified atom stereocenters. The van der Waals surface area contributed by atoms with Crippen molar-refractivity contribution < 1.29 is 14.6 Å². The third kappa shape index (κ3) is 4.27. The van der Waals surface area contributed by atoms with Crippen LogP contribution in [0.5, 0.6) is 5.75 Å². The summed E-state index contributed by atoms with van der Waals surface area (Å²) in [7, 11) is 1.65. The van der Waals surface area contributed by atoms with Crippen molar-refractivity contribution in [2.75, 3.05) is 25.6 Å². The zero-order valence-electron chi connectivity index (χ0n) is 16.3. The molecule has 2 aromatic heterocycles. The molecule has 3 N–H and O–H groups in total. The number of aliphatic hydroxyl groups excluding tert-OH is 1. The number of hydrogen-bond acceptors (Lipinski definition) is 7. The molecule has 4 rings (SSSR count). The van der Waals surface area contributed by atoms with Crippen LogP contribution in [-0.2, 0) is 6.54 Å². The Morgan fingerprint density at radius 1 is 1.17 bits per heavy atom. The van der Waals surface area contributed by atoms with Crippen molar-refractivity contribution >= 4 is 27.3 Å². The van der Waals surface area contributed by atoms with E-state index >= 15 is 0 Å². The van der Waals surface area contributed by atoms with E-state index in [1.807, 2.05) is 36.4 Å². The molecule has 2 heterocycles. The van der Waals surface area contributed by atoms with E-state index in [-0.39, 0.29) is 19.1 Å². The van der Waals surface area contributed by atoms with Gasteiger partial charge in [0.1, 0.15) is 5.75 Å².